The Hall–Kier alpha value is -0.650. The van der Waals surface area contributed by atoms with E-state index in [4.69, 9.17) is 9.47 Å². The van der Waals surface area contributed by atoms with Crippen LogP contribution >= 0.6 is 0 Å². The fraction of sp³-hybridized carbons (Fsp3) is 0.889. The fourth-order valence-electron chi connectivity index (χ4n) is 1.29. The standard InChI is InChI=1S/C9H18N2O3/c1-13-5-2-3-11-9(12)8-7-14-6-4-10-8/h8,10H,2-7H2,1H3,(H,11,12)/t8-/m0/s1. The molecule has 0 unspecified atom stereocenters. The number of amides is 1. The highest BCUT2D eigenvalue weighted by Crippen LogP contribution is 1.92. The van der Waals surface area contributed by atoms with Crippen LogP contribution in [0, 0.1) is 0 Å². The molecule has 0 bridgehead atoms. The Kier molecular flexibility index (Phi) is 5.51. The van der Waals surface area contributed by atoms with Gasteiger partial charge in [-0.25, -0.2) is 0 Å². The summed E-state index contributed by atoms with van der Waals surface area (Å²) in [5.41, 5.74) is 0. The number of hydrogen-bond donors (Lipinski definition) is 2. The lowest BCUT2D eigenvalue weighted by molar-refractivity contribution is -0.125. The molecule has 1 heterocycles. The number of nitrogens with one attached hydrogen (secondary N) is 2. The molecule has 0 aromatic rings. The van der Waals surface area contributed by atoms with E-state index in [9.17, 15) is 4.79 Å². The predicted octanol–water partition coefficient (Wildman–Crippen LogP) is -0.872. The van der Waals surface area contributed by atoms with E-state index < -0.39 is 0 Å². The number of ether oxygens (including phenoxy) is 2. The lowest BCUT2D eigenvalue weighted by atomic mass is 10.2. The molecular formula is C9H18N2O3. The van der Waals surface area contributed by atoms with Gasteiger partial charge in [-0.1, -0.05) is 0 Å². The summed E-state index contributed by atoms with van der Waals surface area (Å²) < 4.78 is 10.1. The van der Waals surface area contributed by atoms with Gasteiger partial charge < -0.3 is 20.1 Å². The van der Waals surface area contributed by atoms with Crippen LogP contribution in [0.15, 0.2) is 0 Å². The number of hydrogen-bond acceptors (Lipinski definition) is 4. The van der Waals surface area contributed by atoms with Gasteiger partial charge in [-0.3, -0.25) is 4.79 Å². The molecule has 0 spiro atoms. The van der Waals surface area contributed by atoms with Crippen LogP contribution in [0.4, 0.5) is 0 Å². The summed E-state index contributed by atoms with van der Waals surface area (Å²) in [6.07, 6.45) is 0.843. The summed E-state index contributed by atoms with van der Waals surface area (Å²) in [6, 6.07) is -0.189. The molecular weight excluding hydrogens is 184 g/mol. The molecule has 1 fully saturated rings. The van der Waals surface area contributed by atoms with Crippen molar-refractivity contribution in [1.29, 1.82) is 0 Å². The minimum Gasteiger partial charge on any atom is -0.385 e. The van der Waals surface area contributed by atoms with E-state index in [-0.39, 0.29) is 11.9 Å². The number of rotatable bonds is 5. The van der Waals surface area contributed by atoms with E-state index in [1.54, 1.807) is 7.11 Å². The Bertz CT molecular complexity index is 169. The second kappa shape index (κ2) is 6.75. The molecule has 1 rings (SSSR count). The van der Waals surface area contributed by atoms with Gasteiger partial charge in [0.1, 0.15) is 6.04 Å². The monoisotopic (exact) mass is 202 g/mol. The molecule has 0 radical (unpaired) electrons. The highest BCUT2D eigenvalue weighted by molar-refractivity contribution is 5.81. The lowest BCUT2D eigenvalue weighted by Gasteiger charge is -2.22. The van der Waals surface area contributed by atoms with Crippen LogP contribution in [0.1, 0.15) is 6.42 Å². The van der Waals surface area contributed by atoms with Crippen LogP contribution in [0.25, 0.3) is 0 Å². The second-order valence-corrected chi connectivity index (χ2v) is 3.22. The van der Waals surface area contributed by atoms with Crippen molar-refractivity contribution in [2.45, 2.75) is 12.5 Å². The molecule has 0 saturated carbocycles. The van der Waals surface area contributed by atoms with E-state index in [2.05, 4.69) is 10.6 Å². The van der Waals surface area contributed by atoms with Gasteiger partial charge in [0.05, 0.1) is 13.2 Å². The van der Waals surface area contributed by atoms with E-state index in [1.165, 1.54) is 0 Å². The maximum Gasteiger partial charge on any atom is 0.239 e. The molecule has 1 aliphatic heterocycles. The van der Waals surface area contributed by atoms with E-state index in [0.29, 0.717) is 26.4 Å². The van der Waals surface area contributed by atoms with Gasteiger partial charge in [0.15, 0.2) is 0 Å². The van der Waals surface area contributed by atoms with Crippen LogP contribution in [0.5, 0.6) is 0 Å². The van der Waals surface area contributed by atoms with Crippen molar-refractivity contribution >= 4 is 5.91 Å². The third-order valence-corrected chi connectivity index (χ3v) is 2.06. The Morgan fingerprint density at radius 2 is 2.57 bits per heavy atom. The van der Waals surface area contributed by atoms with Crippen molar-refractivity contribution in [2.24, 2.45) is 0 Å². The minimum absolute atomic E-state index is 0.0146. The van der Waals surface area contributed by atoms with Crippen LogP contribution in [-0.4, -0.2) is 52.0 Å². The molecule has 0 aliphatic carbocycles. The summed E-state index contributed by atoms with van der Waals surface area (Å²) >= 11 is 0. The minimum atomic E-state index is -0.189. The van der Waals surface area contributed by atoms with Crippen molar-refractivity contribution in [2.75, 3.05) is 40.0 Å². The zero-order chi connectivity index (χ0) is 10.2. The first-order valence-electron chi connectivity index (χ1n) is 4.92. The average Bonchev–Trinajstić information content (AvgIpc) is 2.25. The van der Waals surface area contributed by atoms with Gasteiger partial charge in [0, 0.05) is 26.8 Å². The Balaban J connectivity index is 2.07. The van der Waals surface area contributed by atoms with E-state index >= 15 is 0 Å². The third kappa shape index (κ3) is 4.04. The van der Waals surface area contributed by atoms with Gasteiger partial charge in [0.2, 0.25) is 5.91 Å². The zero-order valence-corrected chi connectivity index (χ0v) is 8.54. The van der Waals surface area contributed by atoms with Gasteiger partial charge in [-0.2, -0.15) is 0 Å². The van der Waals surface area contributed by atoms with Crippen molar-refractivity contribution < 1.29 is 14.3 Å². The molecule has 5 heteroatoms. The summed E-state index contributed by atoms with van der Waals surface area (Å²) in [5, 5.41) is 5.92. The third-order valence-electron chi connectivity index (χ3n) is 2.06. The van der Waals surface area contributed by atoms with Crippen molar-refractivity contribution in [3.05, 3.63) is 0 Å². The summed E-state index contributed by atoms with van der Waals surface area (Å²) in [5.74, 6) is 0.0146. The highest BCUT2D eigenvalue weighted by atomic mass is 16.5. The van der Waals surface area contributed by atoms with E-state index in [1.807, 2.05) is 0 Å². The zero-order valence-electron chi connectivity index (χ0n) is 8.54. The summed E-state index contributed by atoms with van der Waals surface area (Å²) in [6.45, 7) is 3.24. The van der Waals surface area contributed by atoms with Crippen molar-refractivity contribution in [1.82, 2.24) is 10.6 Å². The largest absolute Gasteiger partial charge is 0.385 e. The average molecular weight is 202 g/mol. The molecule has 14 heavy (non-hydrogen) atoms. The van der Waals surface area contributed by atoms with Crippen LogP contribution in [-0.2, 0) is 14.3 Å². The number of carbonyl (C=O) groups excluding carboxylic acids is 1. The molecule has 1 atom stereocenters. The van der Waals surface area contributed by atoms with Crippen LogP contribution in [0.3, 0.4) is 0 Å². The first kappa shape index (κ1) is 11.4. The maximum absolute atomic E-state index is 11.5. The van der Waals surface area contributed by atoms with Crippen molar-refractivity contribution in [3.63, 3.8) is 0 Å². The van der Waals surface area contributed by atoms with Gasteiger partial charge in [0.25, 0.3) is 0 Å². The normalized spacial score (nSPS) is 21.9. The number of morpholine rings is 1. The molecule has 82 valence electrons. The fourth-order valence-corrected chi connectivity index (χ4v) is 1.29. The van der Waals surface area contributed by atoms with Crippen molar-refractivity contribution in [3.8, 4) is 0 Å². The second-order valence-electron chi connectivity index (χ2n) is 3.22. The van der Waals surface area contributed by atoms with Crippen LogP contribution in [0.2, 0.25) is 0 Å². The molecule has 5 nitrogen and oxygen atoms in total. The molecule has 0 aromatic heterocycles. The quantitative estimate of drug-likeness (QED) is 0.569. The number of methoxy groups -OCH3 is 1. The topological polar surface area (TPSA) is 59.6 Å². The molecule has 2 N–H and O–H groups in total. The summed E-state index contributed by atoms with van der Waals surface area (Å²) in [7, 11) is 1.65. The lowest BCUT2D eigenvalue weighted by Crippen LogP contribution is -2.51. The maximum atomic E-state index is 11.5. The molecule has 1 saturated heterocycles. The first-order chi connectivity index (χ1) is 6.84. The van der Waals surface area contributed by atoms with Crippen LogP contribution < -0.4 is 10.6 Å². The SMILES string of the molecule is COCCCNC(=O)[C@@H]1COCCN1. The Labute approximate surface area is 84.1 Å². The predicted molar refractivity (Wildman–Crippen MR) is 52.1 cm³/mol. The Morgan fingerprint density at radius 3 is 3.21 bits per heavy atom. The molecule has 1 amide bonds. The number of carbonyl (C=O) groups is 1. The first-order valence-corrected chi connectivity index (χ1v) is 4.92. The van der Waals surface area contributed by atoms with Gasteiger partial charge >= 0.3 is 0 Å². The summed E-state index contributed by atoms with van der Waals surface area (Å²) in [4.78, 5) is 11.5. The van der Waals surface area contributed by atoms with E-state index in [0.717, 1.165) is 13.0 Å². The van der Waals surface area contributed by atoms with Gasteiger partial charge in [-0.05, 0) is 6.42 Å². The van der Waals surface area contributed by atoms with Gasteiger partial charge in [-0.15, -0.1) is 0 Å². The molecule has 0 aromatic carbocycles. The molecule has 1 aliphatic rings. The highest BCUT2D eigenvalue weighted by Gasteiger charge is 2.20. The smallest absolute Gasteiger partial charge is 0.239 e. The Morgan fingerprint density at radius 1 is 1.71 bits per heavy atom.